The molecule has 2 heterocycles. The highest BCUT2D eigenvalue weighted by Gasteiger charge is 2.30. The lowest BCUT2D eigenvalue weighted by Gasteiger charge is -2.36. The van der Waals surface area contributed by atoms with Crippen LogP contribution in [-0.4, -0.2) is 112 Å². The van der Waals surface area contributed by atoms with Crippen LogP contribution < -0.4 is 0 Å². The van der Waals surface area contributed by atoms with Gasteiger partial charge in [0.15, 0.2) is 0 Å². The van der Waals surface area contributed by atoms with Gasteiger partial charge >= 0.3 is 5.97 Å². The minimum absolute atomic E-state index is 0.0715. The summed E-state index contributed by atoms with van der Waals surface area (Å²) in [4.78, 5) is 21.2. The summed E-state index contributed by atoms with van der Waals surface area (Å²) in [5, 5.41) is 0. The first-order valence-corrected chi connectivity index (χ1v) is 8.50. The van der Waals surface area contributed by atoms with E-state index in [1.807, 2.05) is 14.1 Å². The van der Waals surface area contributed by atoms with Gasteiger partial charge in [0.1, 0.15) is 0 Å². The number of nitrogens with zero attached hydrogens (tertiary/aromatic N) is 4. The summed E-state index contributed by atoms with van der Waals surface area (Å²) in [6.07, 6.45) is 2.08. The maximum Gasteiger partial charge on any atom is 0.320 e. The van der Waals surface area contributed by atoms with E-state index in [2.05, 4.69) is 26.6 Å². The number of carbonyl (C=O) groups excluding carboxylic acids is 1. The predicted octanol–water partition coefficient (Wildman–Crippen LogP) is -0.197. The predicted molar refractivity (Wildman–Crippen MR) is 88.0 cm³/mol. The number of ether oxygens (including phenoxy) is 1. The second-order valence-corrected chi connectivity index (χ2v) is 6.89. The van der Waals surface area contributed by atoms with E-state index in [4.69, 9.17) is 4.74 Å². The molecule has 2 aliphatic rings. The third-order valence-electron chi connectivity index (χ3n) is 4.67. The molecule has 0 aliphatic carbocycles. The number of piperazine rings is 1. The van der Waals surface area contributed by atoms with Crippen LogP contribution in [0, 0.1) is 0 Å². The first-order valence-electron chi connectivity index (χ1n) is 8.50. The topological polar surface area (TPSA) is 39.3 Å². The summed E-state index contributed by atoms with van der Waals surface area (Å²) in [5.41, 5.74) is 0. The SMILES string of the molecule is CN(C)CCCOC(=O)CN1CCC(N2CCN(C)CC2)C1. The number of likely N-dealkylation sites (N-methyl/N-ethyl adjacent to an activating group) is 1. The van der Waals surface area contributed by atoms with Gasteiger partial charge in [0.2, 0.25) is 0 Å². The highest BCUT2D eigenvalue weighted by atomic mass is 16.5. The average molecular weight is 312 g/mol. The molecule has 128 valence electrons. The molecule has 0 N–H and O–H groups in total. The van der Waals surface area contributed by atoms with Crippen LogP contribution in [0.1, 0.15) is 12.8 Å². The van der Waals surface area contributed by atoms with Gasteiger partial charge in [-0.3, -0.25) is 14.6 Å². The molecule has 1 atom stereocenters. The van der Waals surface area contributed by atoms with Crippen molar-refractivity contribution in [3.63, 3.8) is 0 Å². The second kappa shape index (κ2) is 8.82. The number of rotatable bonds is 7. The molecule has 22 heavy (non-hydrogen) atoms. The number of likely N-dealkylation sites (tertiary alicyclic amines) is 1. The monoisotopic (exact) mass is 312 g/mol. The highest BCUT2D eigenvalue weighted by Crippen LogP contribution is 2.17. The summed E-state index contributed by atoms with van der Waals surface area (Å²) >= 11 is 0. The molecule has 2 fully saturated rings. The van der Waals surface area contributed by atoms with Crippen LogP contribution in [0.2, 0.25) is 0 Å². The Balaban J connectivity index is 1.60. The summed E-state index contributed by atoms with van der Waals surface area (Å²) in [7, 11) is 6.25. The van der Waals surface area contributed by atoms with Gasteiger partial charge in [-0.25, -0.2) is 0 Å². The highest BCUT2D eigenvalue weighted by molar-refractivity contribution is 5.71. The molecule has 0 radical (unpaired) electrons. The van der Waals surface area contributed by atoms with Crippen molar-refractivity contribution in [1.29, 1.82) is 0 Å². The fraction of sp³-hybridized carbons (Fsp3) is 0.938. The number of hydrogen-bond acceptors (Lipinski definition) is 6. The summed E-state index contributed by atoms with van der Waals surface area (Å²) in [5.74, 6) is -0.0715. The minimum atomic E-state index is -0.0715. The maximum atomic E-state index is 11.9. The van der Waals surface area contributed by atoms with Gasteiger partial charge in [-0.05, 0) is 34.0 Å². The van der Waals surface area contributed by atoms with Gasteiger partial charge < -0.3 is 14.5 Å². The Bertz CT molecular complexity index is 343. The molecular weight excluding hydrogens is 280 g/mol. The zero-order valence-corrected chi connectivity index (χ0v) is 14.5. The molecule has 0 spiro atoms. The summed E-state index contributed by atoms with van der Waals surface area (Å²) in [6, 6.07) is 0.621. The Morgan fingerprint density at radius 1 is 1.18 bits per heavy atom. The molecule has 0 aromatic rings. The summed E-state index contributed by atoms with van der Waals surface area (Å²) in [6.45, 7) is 8.60. The Kier molecular flexibility index (Phi) is 7.08. The van der Waals surface area contributed by atoms with Crippen molar-refractivity contribution in [3.8, 4) is 0 Å². The van der Waals surface area contributed by atoms with Crippen molar-refractivity contribution in [2.24, 2.45) is 0 Å². The Hall–Kier alpha value is -0.690. The number of hydrogen-bond donors (Lipinski definition) is 0. The minimum Gasteiger partial charge on any atom is -0.465 e. The van der Waals surface area contributed by atoms with E-state index in [0.29, 0.717) is 19.2 Å². The van der Waals surface area contributed by atoms with Crippen LogP contribution >= 0.6 is 0 Å². The van der Waals surface area contributed by atoms with E-state index in [0.717, 1.165) is 52.2 Å². The molecule has 0 saturated carbocycles. The van der Waals surface area contributed by atoms with E-state index >= 15 is 0 Å². The van der Waals surface area contributed by atoms with Crippen molar-refractivity contribution >= 4 is 5.97 Å². The lowest BCUT2D eigenvalue weighted by atomic mass is 10.2. The zero-order valence-electron chi connectivity index (χ0n) is 14.5. The molecule has 2 saturated heterocycles. The third-order valence-corrected chi connectivity index (χ3v) is 4.67. The molecule has 6 heteroatoms. The van der Waals surface area contributed by atoms with Crippen molar-refractivity contribution < 1.29 is 9.53 Å². The van der Waals surface area contributed by atoms with E-state index in [1.165, 1.54) is 6.42 Å². The molecule has 2 aliphatic heterocycles. The largest absolute Gasteiger partial charge is 0.465 e. The van der Waals surface area contributed by atoms with E-state index in [1.54, 1.807) is 0 Å². The van der Waals surface area contributed by atoms with Gasteiger partial charge in [-0.15, -0.1) is 0 Å². The number of esters is 1. The zero-order chi connectivity index (χ0) is 15.9. The summed E-state index contributed by atoms with van der Waals surface area (Å²) < 4.78 is 5.32. The van der Waals surface area contributed by atoms with Crippen molar-refractivity contribution in [2.45, 2.75) is 18.9 Å². The quantitative estimate of drug-likeness (QED) is 0.479. The molecule has 0 amide bonds. The van der Waals surface area contributed by atoms with Crippen LogP contribution in [0.4, 0.5) is 0 Å². The van der Waals surface area contributed by atoms with E-state index in [9.17, 15) is 4.79 Å². The van der Waals surface area contributed by atoms with E-state index < -0.39 is 0 Å². The van der Waals surface area contributed by atoms with Crippen molar-refractivity contribution in [2.75, 3.05) is 80.1 Å². The van der Waals surface area contributed by atoms with E-state index in [-0.39, 0.29) is 5.97 Å². The van der Waals surface area contributed by atoms with Crippen molar-refractivity contribution in [1.82, 2.24) is 19.6 Å². The lowest BCUT2D eigenvalue weighted by Crippen LogP contribution is -2.49. The molecular formula is C16H32N4O2. The Morgan fingerprint density at radius 3 is 2.59 bits per heavy atom. The van der Waals surface area contributed by atoms with Crippen LogP contribution in [0.15, 0.2) is 0 Å². The number of carbonyl (C=O) groups is 1. The fourth-order valence-corrected chi connectivity index (χ4v) is 3.24. The van der Waals surface area contributed by atoms with Crippen molar-refractivity contribution in [3.05, 3.63) is 0 Å². The first kappa shape index (κ1) is 17.7. The van der Waals surface area contributed by atoms with Crippen LogP contribution in [-0.2, 0) is 9.53 Å². The second-order valence-electron chi connectivity index (χ2n) is 6.89. The lowest BCUT2D eigenvalue weighted by molar-refractivity contribution is -0.144. The normalized spacial score (nSPS) is 25.0. The van der Waals surface area contributed by atoms with Gasteiger partial charge in [0, 0.05) is 51.9 Å². The van der Waals surface area contributed by atoms with Crippen LogP contribution in [0.25, 0.3) is 0 Å². The molecule has 0 aromatic carbocycles. The van der Waals surface area contributed by atoms with Gasteiger partial charge in [-0.1, -0.05) is 0 Å². The van der Waals surface area contributed by atoms with Crippen LogP contribution in [0.5, 0.6) is 0 Å². The average Bonchev–Trinajstić information content (AvgIpc) is 2.92. The standard InChI is InChI=1S/C16H32N4O2/c1-17(2)6-4-12-22-16(21)14-19-7-5-15(13-19)20-10-8-18(3)9-11-20/h15H,4-14H2,1-3H3. The Labute approximate surface area is 135 Å². The van der Waals surface area contributed by atoms with Gasteiger partial charge in [0.05, 0.1) is 13.2 Å². The fourth-order valence-electron chi connectivity index (χ4n) is 3.24. The first-order chi connectivity index (χ1) is 10.5. The molecule has 0 bridgehead atoms. The van der Waals surface area contributed by atoms with Gasteiger partial charge in [0.25, 0.3) is 0 Å². The van der Waals surface area contributed by atoms with Crippen LogP contribution in [0.3, 0.4) is 0 Å². The molecule has 0 aromatic heterocycles. The Morgan fingerprint density at radius 2 is 1.91 bits per heavy atom. The molecule has 2 rings (SSSR count). The molecule has 6 nitrogen and oxygen atoms in total. The third kappa shape index (κ3) is 5.83. The molecule has 1 unspecified atom stereocenters. The maximum absolute atomic E-state index is 11.9. The smallest absolute Gasteiger partial charge is 0.320 e. The van der Waals surface area contributed by atoms with Gasteiger partial charge in [-0.2, -0.15) is 0 Å².